The fourth-order valence-corrected chi connectivity index (χ4v) is 5.91. The van der Waals surface area contributed by atoms with E-state index in [0.29, 0.717) is 15.5 Å². The normalized spacial score (nSPS) is 30.0. The number of rotatable bonds is 2. The molecule has 2 bridgehead atoms. The lowest BCUT2D eigenvalue weighted by Crippen LogP contribution is -2.65. The van der Waals surface area contributed by atoms with Gasteiger partial charge in [0.25, 0.3) is 5.91 Å². The van der Waals surface area contributed by atoms with Crippen LogP contribution in [0.2, 0.25) is 5.02 Å². The topological polar surface area (TPSA) is 32.3 Å². The van der Waals surface area contributed by atoms with E-state index in [1.165, 1.54) is 50.1 Å². The van der Waals surface area contributed by atoms with Crippen LogP contribution in [0.5, 0.6) is 0 Å². The lowest BCUT2D eigenvalue weighted by Gasteiger charge is -2.52. The van der Waals surface area contributed by atoms with Gasteiger partial charge in [0.1, 0.15) is 0 Å². The molecule has 6 rings (SSSR count). The average molecular weight is 365 g/mol. The lowest BCUT2D eigenvalue weighted by molar-refractivity contribution is -0.00138. The third-order valence-corrected chi connectivity index (χ3v) is 7.51. The Bertz CT molecular complexity index is 839. The summed E-state index contributed by atoms with van der Waals surface area (Å²) < 4.78 is 14.6. The van der Waals surface area contributed by atoms with E-state index < -0.39 is 5.82 Å². The maximum absolute atomic E-state index is 14.1. The molecule has 3 nitrogen and oxygen atoms in total. The van der Waals surface area contributed by atoms with E-state index in [0.717, 1.165) is 5.39 Å². The van der Waals surface area contributed by atoms with E-state index >= 15 is 0 Å². The van der Waals surface area contributed by atoms with Gasteiger partial charge in [0, 0.05) is 5.54 Å². The zero-order valence-electron chi connectivity index (χ0n) is 13.1. The first kappa shape index (κ1) is 15.1. The van der Waals surface area contributed by atoms with Crippen molar-refractivity contribution in [3.63, 3.8) is 0 Å². The second-order valence-electron chi connectivity index (χ2n) is 7.27. The van der Waals surface area contributed by atoms with Gasteiger partial charge < -0.3 is 5.32 Å². The number of amides is 1. The number of fused-ring (bicyclic) bond motifs is 3. The van der Waals surface area contributed by atoms with Crippen LogP contribution in [0, 0.1) is 11.7 Å². The van der Waals surface area contributed by atoms with Crippen molar-refractivity contribution in [2.75, 3.05) is 13.1 Å². The standard InChI is InChI=1S/C18H18ClFN2OS/c19-12-2-1-11-9-13(24-15(11)14(12)20)17(23)21-16-10-3-7-22(8-4-10)18(16)5-6-18/h1-2,9-10,16H,3-8H2,(H,21,23). The molecule has 2 aromatic rings. The molecule has 3 aliphatic heterocycles. The summed E-state index contributed by atoms with van der Waals surface area (Å²) in [4.78, 5) is 15.9. The fourth-order valence-electron chi connectivity index (χ4n) is 4.69. The van der Waals surface area contributed by atoms with Gasteiger partial charge in [0.2, 0.25) is 0 Å². The number of piperidine rings is 3. The third kappa shape index (κ3) is 2.07. The Morgan fingerprint density at radius 1 is 1.33 bits per heavy atom. The van der Waals surface area contributed by atoms with Gasteiger partial charge in [0.15, 0.2) is 5.82 Å². The molecule has 1 unspecified atom stereocenters. The van der Waals surface area contributed by atoms with E-state index in [1.54, 1.807) is 18.2 Å². The predicted molar refractivity (Wildman–Crippen MR) is 94.3 cm³/mol. The van der Waals surface area contributed by atoms with Crippen molar-refractivity contribution in [3.05, 3.63) is 33.9 Å². The van der Waals surface area contributed by atoms with Crippen LogP contribution in [0.4, 0.5) is 4.39 Å². The Hall–Kier alpha value is -1.17. The maximum atomic E-state index is 14.1. The average Bonchev–Trinajstić information content (AvgIpc) is 3.24. The first-order valence-corrected chi connectivity index (χ1v) is 9.71. The second kappa shape index (κ2) is 5.16. The Labute approximate surface area is 148 Å². The number of nitrogens with zero attached hydrogens (tertiary/aromatic N) is 1. The minimum Gasteiger partial charge on any atom is -0.346 e. The van der Waals surface area contributed by atoms with Gasteiger partial charge in [-0.2, -0.15) is 0 Å². The highest BCUT2D eigenvalue weighted by atomic mass is 35.5. The van der Waals surface area contributed by atoms with Crippen LogP contribution >= 0.6 is 22.9 Å². The number of hydrogen-bond donors (Lipinski definition) is 1. The largest absolute Gasteiger partial charge is 0.346 e. The zero-order valence-corrected chi connectivity index (χ0v) is 14.7. The summed E-state index contributed by atoms with van der Waals surface area (Å²) in [6, 6.07) is 5.33. The van der Waals surface area contributed by atoms with Gasteiger partial charge in [-0.3, -0.25) is 9.69 Å². The number of nitrogens with one attached hydrogen (secondary N) is 1. The van der Waals surface area contributed by atoms with Crippen molar-refractivity contribution in [2.24, 2.45) is 5.92 Å². The first-order chi connectivity index (χ1) is 11.6. The van der Waals surface area contributed by atoms with Gasteiger partial charge in [-0.15, -0.1) is 11.3 Å². The van der Waals surface area contributed by atoms with Crippen LogP contribution < -0.4 is 5.32 Å². The first-order valence-electron chi connectivity index (χ1n) is 8.52. The van der Waals surface area contributed by atoms with Gasteiger partial charge in [0.05, 0.1) is 20.6 Å². The summed E-state index contributed by atoms with van der Waals surface area (Å²) in [6.45, 7) is 2.34. The number of carbonyl (C=O) groups is 1. The smallest absolute Gasteiger partial charge is 0.261 e. The molecule has 1 atom stereocenters. The molecule has 1 amide bonds. The summed E-state index contributed by atoms with van der Waals surface area (Å²) in [5.41, 5.74) is 0.210. The summed E-state index contributed by atoms with van der Waals surface area (Å²) in [6.07, 6.45) is 4.71. The molecule has 1 aromatic carbocycles. The Morgan fingerprint density at radius 3 is 2.79 bits per heavy atom. The number of carbonyl (C=O) groups excluding carboxylic acids is 1. The number of halogens is 2. The van der Waals surface area contributed by atoms with Crippen molar-refractivity contribution in [2.45, 2.75) is 37.3 Å². The molecule has 3 saturated heterocycles. The van der Waals surface area contributed by atoms with Gasteiger partial charge in [-0.1, -0.05) is 17.7 Å². The molecular formula is C18H18ClFN2OS. The molecule has 126 valence electrons. The lowest BCUT2D eigenvalue weighted by atomic mass is 9.77. The summed E-state index contributed by atoms with van der Waals surface area (Å²) in [5.74, 6) is 0.0819. The van der Waals surface area contributed by atoms with Crippen molar-refractivity contribution in [1.29, 1.82) is 0 Å². The highest BCUT2D eigenvalue weighted by Gasteiger charge is 2.60. The molecule has 1 aromatic heterocycles. The molecule has 1 aliphatic carbocycles. The van der Waals surface area contributed by atoms with Crippen LogP contribution in [0.3, 0.4) is 0 Å². The molecule has 1 spiro atoms. The van der Waals surface area contributed by atoms with Gasteiger partial charge in [-0.05, 0) is 62.2 Å². The highest BCUT2D eigenvalue weighted by molar-refractivity contribution is 7.20. The quantitative estimate of drug-likeness (QED) is 0.871. The maximum Gasteiger partial charge on any atom is 0.261 e. The summed E-state index contributed by atoms with van der Waals surface area (Å²) in [7, 11) is 0. The van der Waals surface area contributed by atoms with E-state index in [2.05, 4.69) is 10.2 Å². The van der Waals surface area contributed by atoms with Crippen molar-refractivity contribution >= 4 is 38.9 Å². The molecule has 4 fully saturated rings. The SMILES string of the molecule is O=C(NC1C2CCN(CC2)C12CC2)c1cc2ccc(Cl)c(F)c2s1. The van der Waals surface area contributed by atoms with Crippen LogP contribution in [-0.4, -0.2) is 35.5 Å². The molecule has 0 radical (unpaired) electrons. The summed E-state index contributed by atoms with van der Waals surface area (Å²) in [5, 5.41) is 4.13. The summed E-state index contributed by atoms with van der Waals surface area (Å²) >= 11 is 7.04. The molecule has 24 heavy (non-hydrogen) atoms. The molecule has 4 heterocycles. The number of benzene rings is 1. The number of thiophene rings is 1. The van der Waals surface area contributed by atoms with E-state index in [4.69, 9.17) is 11.6 Å². The van der Waals surface area contributed by atoms with Crippen LogP contribution in [0.1, 0.15) is 35.4 Å². The number of hydrogen-bond acceptors (Lipinski definition) is 3. The Balaban J connectivity index is 1.44. The van der Waals surface area contributed by atoms with E-state index in [1.807, 2.05) is 0 Å². The highest BCUT2D eigenvalue weighted by Crippen LogP contribution is 2.53. The Kier molecular flexibility index (Phi) is 3.25. The second-order valence-corrected chi connectivity index (χ2v) is 8.73. The third-order valence-electron chi connectivity index (χ3n) is 6.07. The van der Waals surface area contributed by atoms with Crippen molar-refractivity contribution < 1.29 is 9.18 Å². The van der Waals surface area contributed by atoms with Crippen LogP contribution in [0.15, 0.2) is 18.2 Å². The molecule has 1 N–H and O–H groups in total. The van der Waals surface area contributed by atoms with Crippen molar-refractivity contribution in [3.8, 4) is 0 Å². The predicted octanol–water partition coefficient (Wildman–Crippen LogP) is 4.05. The van der Waals surface area contributed by atoms with E-state index in [-0.39, 0.29) is 22.5 Å². The molecular weight excluding hydrogens is 347 g/mol. The van der Waals surface area contributed by atoms with Gasteiger partial charge >= 0.3 is 0 Å². The molecule has 4 aliphatic rings. The van der Waals surface area contributed by atoms with E-state index in [9.17, 15) is 9.18 Å². The van der Waals surface area contributed by atoms with Crippen molar-refractivity contribution in [1.82, 2.24) is 10.2 Å². The van der Waals surface area contributed by atoms with Crippen LogP contribution in [-0.2, 0) is 0 Å². The minimum atomic E-state index is -0.431. The molecule has 1 saturated carbocycles. The zero-order chi connectivity index (χ0) is 16.5. The fraction of sp³-hybridized carbons (Fsp3) is 0.500. The van der Waals surface area contributed by atoms with Gasteiger partial charge in [-0.25, -0.2) is 4.39 Å². The Morgan fingerprint density at radius 2 is 2.08 bits per heavy atom. The molecule has 6 heteroatoms. The van der Waals surface area contributed by atoms with Crippen LogP contribution in [0.25, 0.3) is 10.1 Å². The monoisotopic (exact) mass is 364 g/mol. The minimum absolute atomic E-state index is 0.0725.